The van der Waals surface area contributed by atoms with Crippen LogP contribution in [0.1, 0.15) is 52.4 Å². The van der Waals surface area contributed by atoms with Gasteiger partial charge in [0.15, 0.2) is 0 Å². The van der Waals surface area contributed by atoms with Gasteiger partial charge in [0.05, 0.1) is 0 Å². The first-order valence-corrected chi connectivity index (χ1v) is 6.94. The van der Waals surface area contributed by atoms with E-state index in [1.54, 1.807) is 6.42 Å². The first-order valence-electron chi connectivity index (χ1n) is 6.94. The maximum Gasteiger partial charge on any atom is 0.00684 e. The molecule has 0 saturated heterocycles. The SMILES string of the molecule is CC(C)C1(CNC2CC2)CC2CCC1C2. The van der Waals surface area contributed by atoms with Gasteiger partial charge >= 0.3 is 0 Å². The predicted molar refractivity (Wildman–Crippen MR) is 63.7 cm³/mol. The zero-order valence-electron chi connectivity index (χ0n) is 10.3. The van der Waals surface area contributed by atoms with Gasteiger partial charge in [0.1, 0.15) is 0 Å². The van der Waals surface area contributed by atoms with Crippen LogP contribution in [0.25, 0.3) is 0 Å². The van der Waals surface area contributed by atoms with Crippen LogP contribution in [0.15, 0.2) is 0 Å². The van der Waals surface area contributed by atoms with E-state index in [4.69, 9.17) is 0 Å². The Bertz CT molecular complexity index is 244. The van der Waals surface area contributed by atoms with Crippen LogP contribution in [-0.4, -0.2) is 12.6 Å². The molecule has 15 heavy (non-hydrogen) atoms. The molecule has 3 rings (SSSR count). The van der Waals surface area contributed by atoms with Crippen LogP contribution in [0.3, 0.4) is 0 Å². The molecule has 0 radical (unpaired) electrons. The standard InChI is InChI=1S/C14H25N/c1-10(2)14(9-15-13-5-6-13)8-11-3-4-12(14)7-11/h10-13,15H,3-9H2,1-2H3. The van der Waals surface area contributed by atoms with Gasteiger partial charge in [0, 0.05) is 12.6 Å². The molecule has 3 fully saturated rings. The van der Waals surface area contributed by atoms with Crippen molar-refractivity contribution in [1.29, 1.82) is 0 Å². The number of hydrogen-bond donors (Lipinski definition) is 1. The monoisotopic (exact) mass is 207 g/mol. The zero-order chi connectivity index (χ0) is 10.5. The molecule has 1 N–H and O–H groups in total. The van der Waals surface area contributed by atoms with Crippen LogP contribution < -0.4 is 5.32 Å². The summed E-state index contributed by atoms with van der Waals surface area (Å²) in [5.74, 6) is 3.01. The Hall–Kier alpha value is -0.0400. The van der Waals surface area contributed by atoms with E-state index in [0.29, 0.717) is 5.41 Å². The highest BCUT2D eigenvalue weighted by Gasteiger charge is 2.52. The maximum absolute atomic E-state index is 3.81. The molecule has 1 heteroatoms. The lowest BCUT2D eigenvalue weighted by Gasteiger charge is -2.42. The van der Waals surface area contributed by atoms with Gasteiger partial charge in [0.2, 0.25) is 0 Å². The van der Waals surface area contributed by atoms with Gasteiger partial charge in [-0.3, -0.25) is 0 Å². The molecule has 0 aromatic heterocycles. The van der Waals surface area contributed by atoms with Crippen LogP contribution >= 0.6 is 0 Å². The molecule has 3 aliphatic rings. The van der Waals surface area contributed by atoms with E-state index in [1.807, 2.05) is 0 Å². The summed E-state index contributed by atoms with van der Waals surface area (Å²) >= 11 is 0. The highest BCUT2D eigenvalue weighted by molar-refractivity contribution is 5.03. The average molecular weight is 207 g/mol. The number of fused-ring (bicyclic) bond motifs is 2. The van der Waals surface area contributed by atoms with Gasteiger partial charge in [-0.25, -0.2) is 0 Å². The first kappa shape index (κ1) is 10.1. The fourth-order valence-corrected chi connectivity index (χ4v) is 4.24. The summed E-state index contributed by atoms with van der Waals surface area (Å²) in [6, 6.07) is 0.889. The van der Waals surface area contributed by atoms with E-state index in [2.05, 4.69) is 19.2 Å². The highest BCUT2D eigenvalue weighted by Crippen LogP contribution is 2.59. The largest absolute Gasteiger partial charge is 0.313 e. The minimum absolute atomic E-state index is 0.672. The average Bonchev–Trinajstić information content (AvgIpc) is 2.83. The van der Waals surface area contributed by atoms with Gasteiger partial charge in [-0.05, 0) is 55.3 Å². The van der Waals surface area contributed by atoms with Crippen molar-refractivity contribution in [1.82, 2.24) is 5.32 Å². The Morgan fingerprint density at radius 3 is 2.47 bits per heavy atom. The highest BCUT2D eigenvalue weighted by atomic mass is 15.0. The fourth-order valence-electron chi connectivity index (χ4n) is 4.24. The second-order valence-corrected chi connectivity index (χ2v) is 6.62. The van der Waals surface area contributed by atoms with Crippen LogP contribution in [0.5, 0.6) is 0 Å². The van der Waals surface area contributed by atoms with Crippen molar-refractivity contribution >= 4 is 0 Å². The summed E-state index contributed by atoms with van der Waals surface area (Å²) in [4.78, 5) is 0. The number of rotatable bonds is 4. The molecule has 86 valence electrons. The third-order valence-corrected chi connectivity index (χ3v) is 5.47. The van der Waals surface area contributed by atoms with Crippen LogP contribution in [0, 0.1) is 23.2 Å². The minimum atomic E-state index is 0.672. The topological polar surface area (TPSA) is 12.0 Å². The quantitative estimate of drug-likeness (QED) is 0.746. The summed E-state index contributed by atoms with van der Waals surface area (Å²) in [7, 11) is 0. The molecule has 0 aromatic rings. The summed E-state index contributed by atoms with van der Waals surface area (Å²) in [5.41, 5.74) is 0.672. The maximum atomic E-state index is 3.81. The van der Waals surface area contributed by atoms with E-state index in [0.717, 1.165) is 23.8 Å². The van der Waals surface area contributed by atoms with Crippen LogP contribution in [-0.2, 0) is 0 Å². The third kappa shape index (κ3) is 1.63. The van der Waals surface area contributed by atoms with Gasteiger partial charge < -0.3 is 5.32 Å². The molecule has 1 nitrogen and oxygen atoms in total. The van der Waals surface area contributed by atoms with Gasteiger partial charge in [-0.2, -0.15) is 0 Å². The molecular formula is C14H25N. The molecule has 0 heterocycles. The lowest BCUT2D eigenvalue weighted by atomic mass is 9.66. The van der Waals surface area contributed by atoms with Crippen molar-refractivity contribution in [2.75, 3.05) is 6.54 Å². The van der Waals surface area contributed by atoms with Gasteiger partial charge in [0.25, 0.3) is 0 Å². The van der Waals surface area contributed by atoms with Crippen molar-refractivity contribution in [3.05, 3.63) is 0 Å². The molecule has 0 amide bonds. The predicted octanol–water partition coefficient (Wildman–Crippen LogP) is 3.20. The van der Waals surface area contributed by atoms with Gasteiger partial charge in [-0.1, -0.05) is 20.3 Å². The molecule has 3 atom stereocenters. The second-order valence-electron chi connectivity index (χ2n) is 6.62. The number of hydrogen-bond acceptors (Lipinski definition) is 1. The summed E-state index contributed by atoms with van der Waals surface area (Å²) in [6.45, 7) is 6.22. The van der Waals surface area contributed by atoms with E-state index in [-0.39, 0.29) is 0 Å². The van der Waals surface area contributed by atoms with Crippen molar-refractivity contribution in [3.63, 3.8) is 0 Å². The van der Waals surface area contributed by atoms with Crippen molar-refractivity contribution in [3.8, 4) is 0 Å². The molecule has 0 aromatic carbocycles. The van der Waals surface area contributed by atoms with Crippen LogP contribution in [0.2, 0.25) is 0 Å². The molecule has 3 aliphatic carbocycles. The molecular weight excluding hydrogens is 182 g/mol. The van der Waals surface area contributed by atoms with Crippen molar-refractivity contribution < 1.29 is 0 Å². The molecule has 2 bridgehead atoms. The Morgan fingerprint density at radius 2 is 2.00 bits per heavy atom. The third-order valence-electron chi connectivity index (χ3n) is 5.47. The molecule has 3 saturated carbocycles. The summed E-state index contributed by atoms with van der Waals surface area (Å²) < 4.78 is 0. The second kappa shape index (κ2) is 3.48. The Kier molecular flexibility index (Phi) is 2.35. The van der Waals surface area contributed by atoms with E-state index < -0.39 is 0 Å². The lowest BCUT2D eigenvalue weighted by molar-refractivity contribution is 0.0924. The lowest BCUT2D eigenvalue weighted by Crippen LogP contribution is -2.43. The normalized spacial score (nSPS) is 44.2. The summed E-state index contributed by atoms with van der Waals surface area (Å²) in [6.07, 6.45) is 8.99. The minimum Gasteiger partial charge on any atom is -0.313 e. The molecule has 0 spiro atoms. The smallest absolute Gasteiger partial charge is 0.00684 e. The zero-order valence-corrected chi connectivity index (χ0v) is 10.3. The van der Waals surface area contributed by atoms with Gasteiger partial charge in [-0.15, -0.1) is 0 Å². The van der Waals surface area contributed by atoms with Crippen LogP contribution in [0.4, 0.5) is 0 Å². The fraction of sp³-hybridized carbons (Fsp3) is 1.00. The van der Waals surface area contributed by atoms with E-state index >= 15 is 0 Å². The Labute approximate surface area is 94.0 Å². The van der Waals surface area contributed by atoms with Crippen molar-refractivity contribution in [2.45, 2.75) is 58.4 Å². The molecule has 0 aliphatic heterocycles. The van der Waals surface area contributed by atoms with E-state index in [9.17, 15) is 0 Å². The Morgan fingerprint density at radius 1 is 1.20 bits per heavy atom. The van der Waals surface area contributed by atoms with Crippen molar-refractivity contribution in [2.24, 2.45) is 23.2 Å². The summed E-state index contributed by atoms with van der Waals surface area (Å²) in [5, 5.41) is 3.81. The molecule has 3 unspecified atom stereocenters. The first-order chi connectivity index (χ1) is 7.21. The Balaban J connectivity index is 1.70. The van der Waals surface area contributed by atoms with E-state index in [1.165, 1.54) is 38.6 Å². The number of nitrogens with one attached hydrogen (secondary N) is 1.